The van der Waals surface area contributed by atoms with Crippen LogP contribution in [0.15, 0.2) is 73.2 Å². The Balaban J connectivity index is 1.54. The van der Waals surface area contributed by atoms with Gasteiger partial charge in [0.2, 0.25) is 0 Å². The second kappa shape index (κ2) is 9.33. The molecular weight excluding hydrogens is 378 g/mol. The van der Waals surface area contributed by atoms with Crippen LogP contribution in [0.5, 0.6) is 5.75 Å². The van der Waals surface area contributed by atoms with Crippen LogP contribution >= 0.6 is 0 Å². The van der Waals surface area contributed by atoms with E-state index in [-0.39, 0.29) is 6.61 Å². The highest BCUT2D eigenvalue weighted by molar-refractivity contribution is 5.69. The van der Waals surface area contributed by atoms with Gasteiger partial charge in [-0.2, -0.15) is 0 Å². The van der Waals surface area contributed by atoms with Crippen LogP contribution in [0.25, 0.3) is 16.8 Å². The average Bonchev–Trinajstić information content (AvgIpc) is 2.80. The van der Waals surface area contributed by atoms with Crippen molar-refractivity contribution in [3.63, 3.8) is 0 Å². The first-order valence-electron chi connectivity index (χ1n) is 9.90. The fourth-order valence-corrected chi connectivity index (χ4v) is 3.60. The molecule has 152 valence electrons. The minimum absolute atomic E-state index is 0.366. The summed E-state index contributed by atoms with van der Waals surface area (Å²) in [5.74, 6) is -0.407. The molecule has 2 heterocycles. The fourth-order valence-electron chi connectivity index (χ4n) is 3.60. The van der Waals surface area contributed by atoms with Crippen LogP contribution in [0, 0.1) is 0 Å². The number of nitrogens with zero attached hydrogens (tertiary/aromatic N) is 3. The Hall–Kier alpha value is -3.51. The molecule has 1 aliphatic heterocycles. The molecule has 0 atom stereocenters. The molecule has 0 aliphatic carbocycles. The average molecular weight is 401 g/mol. The maximum Gasteiger partial charge on any atom is 0.341 e. The number of hydrogen-bond donors (Lipinski definition) is 1. The van der Waals surface area contributed by atoms with Gasteiger partial charge >= 0.3 is 5.97 Å². The Morgan fingerprint density at radius 1 is 1.10 bits per heavy atom. The van der Waals surface area contributed by atoms with Gasteiger partial charge in [-0.15, -0.1) is 0 Å². The Morgan fingerprint density at radius 2 is 1.97 bits per heavy atom. The van der Waals surface area contributed by atoms with E-state index in [1.807, 2.05) is 24.3 Å². The van der Waals surface area contributed by atoms with Crippen LogP contribution in [0.3, 0.4) is 0 Å². The summed E-state index contributed by atoms with van der Waals surface area (Å²) in [5.41, 5.74) is 5.28. The number of carbonyl (C=O) groups is 1. The van der Waals surface area contributed by atoms with Gasteiger partial charge in [-0.05, 0) is 35.8 Å². The molecule has 2 aromatic carbocycles. The van der Waals surface area contributed by atoms with Gasteiger partial charge in [0.05, 0.1) is 11.9 Å². The number of carboxylic acids is 1. The number of rotatable bonds is 7. The van der Waals surface area contributed by atoms with E-state index in [2.05, 4.69) is 45.2 Å². The summed E-state index contributed by atoms with van der Waals surface area (Å²) in [7, 11) is 0. The Labute approximate surface area is 175 Å². The Morgan fingerprint density at radius 3 is 2.67 bits per heavy atom. The molecule has 30 heavy (non-hydrogen) atoms. The van der Waals surface area contributed by atoms with Crippen LogP contribution < -0.4 is 4.74 Å². The summed E-state index contributed by atoms with van der Waals surface area (Å²) >= 11 is 0. The van der Waals surface area contributed by atoms with Crippen LogP contribution in [0.4, 0.5) is 0 Å². The van der Waals surface area contributed by atoms with E-state index in [1.54, 1.807) is 18.6 Å². The molecule has 1 N–H and O–H groups in total. The van der Waals surface area contributed by atoms with Gasteiger partial charge in [-0.25, -0.2) is 4.79 Å². The number of aliphatic carboxylic acids is 1. The van der Waals surface area contributed by atoms with Crippen molar-refractivity contribution in [2.45, 2.75) is 13.0 Å². The number of hydrogen-bond acceptors (Lipinski definition) is 5. The van der Waals surface area contributed by atoms with Crippen molar-refractivity contribution >= 4 is 11.5 Å². The zero-order chi connectivity index (χ0) is 20.8. The van der Waals surface area contributed by atoms with Gasteiger partial charge in [0.1, 0.15) is 5.75 Å². The number of aromatic nitrogens is 2. The Kier molecular flexibility index (Phi) is 6.15. The molecule has 0 bridgehead atoms. The van der Waals surface area contributed by atoms with E-state index in [1.165, 1.54) is 11.1 Å². The maximum atomic E-state index is 11.0. The first kappa shape index (κ1) is 19.8. The first-order valence-corrected chi connectivity index (χ1v) is 9.90. The second-order valence-electron chi connectivity index (χ2n) is 7.18. The summed E-state index contributed by atoms with van der Waals surface area (Å²) in [6, 6.07) is 16.2. The van der Waals surface area contributed by atoms with Crippen molar-refractivity contribution < 1.29 is 14.6 Å². The van der Waals surface area contributed by atoms with Crippen LogP contribution in [0.1, 0.15) is 17.5 Å². The molecule has 0 radical (unpaired) electrons. The van der Waals surface area contributed by atoms with E-state index >= 15 is 0 Å². The lowest BCUT2D eigenvalue weighted by Gasteiger charge is -2.27. The van der Waals surface area contributed by atoms with Crippen LogP contribution in [-0.4, -0.2) is 45.6 Å². The smallest absolute Gasteiger partial charge is 0.341 e. The molecule has 6 heteroatoms. The number of carboxylic acid groups (broad SMARTS) is 1. The summed E-state index contributed by atoms with van der Waals surface area (Å²) in [6.45, 7) is 2.06. The topological polar surface area (TPSA) is 75.5 Å². The van der Waals surface area contributed by atoms with Gasteiger partial charge in [0.25, 0.3) is 0 Å². The summed E-state index contributed by atoms with van der Waals surface area (Å²) in [5, 5.41) is 9.00. The van der Waals surface area contributed by atoms with Gasteiger partial charge < -0.3 is 9.84 Å². The van der Waals surface area contributed by atoms with Crippen LogP contribution in [-0.2, 0) is 11.3 Å². The van der Waals surface area contributed by atoms with E-state index in [0.29, 0.717) is 12.3 Å². The molecule has 3 aromatic rings. The van der Waals surface area contributed by atoms with Crippen molar-refractivity contribution in [3.05, 3.63) is 84.3 Å². The second-order valence-corrected chi connectivity index (χ2v) is 7.18. The van der Waals surface area contributed by atoms with E-state index in [0.717, 1.165) is 36.3 Å². The van der Waals surface area contributed by atoms with E-state index in [9.17, 15) is 4.79 Å². The largest absolute Gasteiger partial charge is 0.482 e. The van der Waals surface area contributed by atoms with Crippen molar-refractivity contribution in [1.82, 2.24) is 14.9 Å². The third-order valence-corrected chi connectivity index (χ3v) is 5.10. The highest BCUT2D eigenvalue weighted by Crippen LogP contribution is 2.29. The highest BCUT2D eigenvalue weighted by atomic mass is 16.5. The molecule has 4 rings (SSSR count). The molecule has 0 saturated carbocycles. The molecule has 0 saturated heterocycles. The van der Waals surface area contributed by atoms with E-state index < -0.39 is 5.97 Å². The fraction of sp³-hybridized carbons (Fsp3) is 0.208. The molecule has 1 aromatic heterocycles. The van der Waals surface area contributed by atoms with E-state index in [4.69, 9.17) is 9.84 Å². The number of ether oxygens (including phenoxy) is 1. The lowest BCUT2D eigenvalue weighted by molar-refractivity contribution is -0.139. The lowest BCUT2D eigenvalue weighted by atomic mass is 9.99. The normalized spacial score (nSPS) is 14.2. The first-order chi connectivity index (χ1) is 14.7. The molecular formula is C24H23N3O3. The molecule has 6 nitrogen and oxygen atoms in total. The molecule has 0 amide bonds. The summed E-state index contributed by atoms with van der Waals surface area (Å²) in [6.07, 6.45) is 8.25. The SMILES string of the molecule is O=C(O)COc1ccc(-c2cnccn2)cc1CN1CC=C(c2ccccc2)CC1. The van der Waals surface area contributed by atoms with Crippen LogP contribution in [0.2, 0.25) is 0 Å². The molecule has 0 unspecified atom stereocenters. The molecule has 0 spiro atoms. The standard InChI is InChI=1S/C24H23N3O3/c28-24(29)17-30-23-7-6-20(22-15-25-10-11-26-22)14-21(23)16-27-12-8-19(9-13-27)18-4-2-1-3-5-18/h1-8,10-11,14-15H,9,12-13,16-17H2,(H,28,29). The third kappa shape index (κ3) is 4.90. The van der Waals surface area contributed by atoms with Crippen molar-refractivity contribution in [2.75, 3.05) is 19.7 Å². The minimum atomic E-state index is -0.993. The summed E-state index contributed by atoms with van der Waals surface area (Å²) in [4.78, 5) is 21.8. The van der Waals surface area contributed by atoms with Gasteiger partial charge in [-0.3, -0.25) is 14.9 Å². The lowest BCUT2D eigenvalue weighted by Crippen LogP contribution is -2.28. The van der Waals surface area contributed by atoms with Crippen molar-refractivity contribution in [1.29, 1.82) is 0 Å². The van der Waals surface area contributed by atoms with Crippen molar-refractivity contribution in [2.24, 2.45) is 0 Å². The Bertz CT molecular complexity index is 1040. The molecule has 0 fully saturated rings. The van der Waals surface area contributed by atoms with Gasteiger partial charge in [0, 0.05) is 43.2 Å². The predicted molar refractivity (Wildman–Crippen MR) is 115 cm³/mol. The van der Waals surface area contributed by atoms with Crippen molar-refractivity contribution in [3.8, 4) is 17.0 Å². The minimum Gasteiger partial charge on any atom is -0.482 e. The maximum absolute atomic E-state index is 11.0. The zero-order valence-electron chi connectivity index (χ0n) is 16.6. The molecule has 1 aliphatic rings. The predicted octanol–water partition coefficient (Wildman–Crippen LogP) is 3.90. The number of benzene rings is 2. The van der Waals surface area contributed by atoms with Gasteiger partial charge in [-0.1, -0.05) is 36.4 Å². The monoisotopic (exact) mass is 401 g/mol. The third-order valence-electron chi connectivity index (χ3n) is 5.10. The zero-order valence-corrected chi connectivity index (χ0v) is 16.6. The summed E-state index contributed by atoms with van der Waals surface area (Å²) < 4.78 is 5.54. The van der Waals surface area contributed by atoms with Gasteiger partial charge in [0.15, 0.2) is 6.61 Å². The quantitative estimate of drug-likeness (QED) is 0.647. The highest BCUT2D eigenvalue weighted by Gasteiger charge is 2.16.